The number of nitriles is 1. The van der Waals surface area contributed by atoms with Crippen LogP contribution in [0.2, 0.25) is 0 Å². The molecule has 0 aromatic heterocycles. The van der Waals surface area contributed by atoms with Crippen LogP contribution in [0, 0.1) is 17.2 Å². The van der Waals surface area contributed by atoms with Crippen molar-refractivity contribution < 1.29 is 5.11 Å². The van der Waals surface area contributed by atoms with Crippen LogP contribution < -0.4 is 0 Å². The van der Waals surface area contributed by atoms with Gasteiger partial charge >= 0.3 is 0 Å². The molecule has 3 heteroatoms. The van der Waals surface area contributed by atoms with E-state index in [0.29, 0.717) is 0 Å². The van der Waals surface area contributed by atoms with Gasteiger partial charge in [-0.25, -0.2) is 0 Å². The van der Waals surface area contributed by atoms with E-state index in [2.05, 4.69) is 29.2 Å². The maximum Gasteiger partial charge on any atom is 0.111 e. The standard InChI is InChI=1S/C18H22N2O/c19-13-17(8-3-5-14-4-1-2-6-16(14)17)18(21)9-11-20-10-7-15(18)12-20/h1-2,4,6,15,21H,3,5,7-12H2. The Morgan fingerprint density at radius 1 is 1.24 bits per heavy atom. The number of hydrogen-bond donors (Lipinski definition) is 1. The molecule has 3 aliphatic rings. The summed E-state index contributed by atoms with van der Waals surface area (Å²) < 4.78 is 0. The second-order valence-corrected chi connectivity index (χ2v) is 6.99. The fraction of sp³-hybridized carbons (Fsp3) is 0.611. The molecule has 2 aliphatic heterocycles. The number of piperidine rings is 1. The van der Waals surface area contributed by atoms with Gasteiger partial charge in [0.25, 0.3) is 0 Å². The number of aliphatic hydroxyl groups is 1. The minimum Gasteiger partial charge on any atom is -0.387 e. The van der Waals surface area contributed by atoms with Crippen LogP contribution in [-0.4, -0.2) is 35.2 Å². The molecule has 3 nitrogen and oxygen atoms in total. The summed E-state index contributed by atoms with van der Waals surface area (Å²) in [6.07, 6.45) is 4.60. The molecule has 110 valence electrons. The van der Waals surface area contributed by atoms with Gasteiger partial charge in [0.15, 0.2) is 0 Å². The zero-order valence-electron chi connectivity index (χ0n) is 12.4. The van der Waals surface area contributed by atoms with E-state index in [-0.39, 0.29) is 5.92 Å². The van der Waals surface area contributed by atoms with Gasteiger partial charge in [0, 0.05) is 19.0 Å². The number of rotatable bonds is 1. The van der Waals surface area contributed by atoms with Crippen LogP contribution in [0.4, 0.5) is 0 Å². The number of nitrogens with zero attached hydrogens (tertiary/aromatic N) is 2. The van der Waals surface area contributed by atoms with Crippen molar-refractivity contribution in [3.05, 3.63) is 35.4 Å². The first kappa shape index (κ1) is 13.3. The van der Waals surface area contributed by atoms with Gasteiger partial charge in [0.1, 0.15) is 5.41 Å². The van der Waals surface area contributed by atoms with Gasteiger partial charge in [-0.15, -0.1) is 0 Å². The zero-order valence-corrected chi connectivity index (χ0v) is 12.4. The van der Waals surface area contributed by atoms with Gasteiger partial charge in [0.2, 0.25) is 0 Å². The molecule has 0 spiro atoms. The molecular weight excluding hydrogens is 260 g/mol. The maximum atomic E-state index is 11.6. The molecule has 4 rings (SSSR count). The zero-order chi connectivity index (χ0) is 14.5. The average molecular weight is 282 g/mol. The van der Waals surface area contributed by atoms with Gasteiger partial charge in [-0.05, 0) is 49.8 Å². The molecule has 4 unspecified atom stereocenters. The Balaban J connectivity index is 1.87. The lowest BCUT2D eigenvalue weighted by Gasteiger charge is -2.51. The van der Waals surface area contributed by atoms with E-state index in [0.717, 1.165) is 57.3 Å². The molecule has 1 N–H and O–H groups in total. The Kier molecular flexibility index (Phi) is 2.89. The number of aryl methyl sites for hydroxylation is 1. The first-order valence-electron chi connectivity index (χ1n) is 8.14. The Morgan fingerprint density at radius 2 is 2.10 bits per heavy atom. The number of benzene rings is 1. The summed E-state index contributed by atoms with van der Waals surface area (Å²) in [5.41, 5.74) is 0.801. The molecule has 4 atom stereocenters. The molecule has 2 saturated heterocycles. The third kappa shape index (κ3) is 1.66. The largest absolute Gasteiger partial charge is 0.387 e. The lowest BCUT2D eigenvalue weighted by molar-refractivity contribution is -0.0944. The third-order valence-corrected chi connectivity index (χ3v) is 6.16. The van der Waals surface area contributed by atoms with Gasteiger partial charge in [-0.1, -0.05) is 24.3 Å². The SMILES string of the molecule is N#CC1(C2(O)CCN3CCC2C3)CCCc2ccccc21. The maximum absolute atomic E-state index is 11.6. The molecule has 0 radical (unpaired) electrons. The normalized spacial score (nSPS) is 41.3. The van der Waals surface area contributed by atoms with Crippen molar-refractivity contribution in [3.63, 3.8) is 0 Å². The van der Waals surface area contributed by atoms with E-state index in [1.54, 1.807) is 0 Å². The Bertz CT molecular complexity index is 607. The Labute approximate surface area is 126 Å². The first-order chi connectivity index (χ1) is 10.2. The minimum atomic E-state index is -0.856. The van der Waals surface area contributed by atoms with E-state index >= 15 is 0 Å². The fourth-order valence-electron chi connectivity index (χ4n) is 5.02. The molecule has 1 aromatic carbocycles. The highest BCUT2D eigenvalue weighted by atomic mass is 16.3. The van der Waals surface area contributed by atoms with Crippen molar-refractivity contribution in [2.45, 2.75) is 43.1 Å². The summed E-state index contributed by atoms with van der Waals surface area (Å²) in [5, 5.41) is 21.7. The second-order valence-electron chi connectivity index (χ2n) is 6.99. The van der Waals surface area contributed by atoms with E-state index in [1.165, 1.54) is 5.56 Å². The molecule has 2 heterocycles. The summed E-state index contributed by atoms with van der Waals surface area (Å²) >= 11 is 0. The van der Waals surface area contributed by atoms with Crippen molar-refractivity contribution in [2.75, 3.05) is 19.6 Å². The summed E-state index contributed by atoms with van der Waals surface area (Å²) in [7, 11) is 0. The smallest absolute Gasteiger partial charge is 0.111 e. The predicted octanol–water partition coefficient (Wildman–Crippen LogP) is 2.24. The van der Waals surface area contributed by atoms with Crippen LogP contribution in [0.1, 0.15) is 36.8 Å². The third-order valence-electron chi connectivity index (χ3n) is 6.16. The summed E-state index contributed by atoms with van der Waals surface area (Å²) in [6.45, 7) is 2.97. The van der Waals surface area contributed by atoms with Crippen LogP contribution in [-0.2, 0) is 11.8 Å². The van der Waals surface area contributed by atoms with Gasteiger partial charge in [0.05, 0.1) is 11.7 Å². The van der Waals surface area contributed by atoms with Crippen molar-refractivity contribution in [1.29, 1.82) is 5.26 Å². The Morgan fingerprint density at radius 3 is 2.95 bits per heavy atom. The average Bonchev–Trinajstić information content (AvgIpc) is 2.95. The van der Waals surface area contributed by atoms with Crippen LogP contribution in [0.3, 0.4) is 0 Å². The lowest BCUT2D eigenvalue weighted by Crippen LogP contribution is -2.60. The van der Waals surface area contributed by atoms with Crippen LogP contribution in [0.25, 0.3) is 0 Å². The lowest BCUT2D eigenvalue weighted by atomic mass is 9.56. The van der Waals surface area contributed by atoms with Crippen molar-refractivity contribution in [2.24, 2.45) is 5.92 Å². The number of hydrogen-bond acceptors (Lipinski definition) is 3. The van der Waals surface area contributed by atoms with Crippen molar-refractivity contribution in [1.82, 2.24) is 4.90 Å². The van der Waals surface area contributed by atoms with Gasteiger partial charge in [-0.2, -0.15) is 5.26 Å². The molecule has 2 bridgehead atoms. The van der Waals surface area contributed by atoms with E-state index in [9.17, 15) is 10.4 Å². The summed E-state index contributed by atoms with van der Waals surface area (Å²) in [4.78, 5) is 2.43. The molecule has 0 amide bonds. The van der Waals surface area contributed by atoms with E-state index in [4.69, 9.17) is 0 Å². The molecular formula is C18H22N2O. The van der Waals surface area contributed by atoms with Crippen LogP contribution in [0.5, 0.6) is 0 Å². The second kappa shape index (κ2) is 4.56. The molecule has 1 aromatic rings. The quantitative estimate of drug-likeness (QED) is 0.859. The van der Waals surface area contributed by atoms with Crippen molar-refractivity contribution in [3.8, 4) is 6.07 Å². The topological polar surface area (TPSA) is 47.3 Å². The first-order valence-corrected chi connectivity index (χ1v) is 8.14. The highest BCUT2D eigenvalue weighted by molar-refractivity contribution is 5.45. The number of fused-ring (bicyclic) bond motifs is 3. The van der Waals surface area contributed by atoms with E-state index < -0.39 is 11.0 Å². The highest BCUT2D eigenvalue weighted by Gasteiger charge is 2.60. The van der Waals surface area contributed by atoms with Gasteiger partial charge in [-0.3, -0.25) is 0 Å². The summed E-state index contributed by atoms with van der Waals surface area (Å²) in [6, 6.07) is 10.9. The summed E-state index contributed by atoms with van der Waals surface area (Å²) in [5.74, 6) is 0.247. The van der Waals surface area contributed by atoms with Crippen LogP contribution >= 0.6 is 0 Å². The Hall–Kier alpha value is -1.37. The predicted molar refractivity (Wildman–Crippen MR) is 80.8 cm³/mol. The van der Waals surface area contributed by atoms with Crippen LogP contribution in [0.15, 0.2) is 24.3 Å². The monoisotopic (exact) mass is 282 g/mol. The fourth-order valence-corrected chi connectivity index (χ4v) is 5.02. The highest BCUT2D eigenvalue weighted by Crippen LogP contribution is 2.52. The molecule has 21 heavy (non-hydrogen) atoms. The minimum absolute atomic E-state index is 0.247. The molecule has 0 saturated carbocycles. The molecule has 1 aliphatic carbocycles. The van der Waals surface area contributed by atoms with Gasteiger partial charge < -0.3 is 10.0 Å². The van der Waals surface area contributed by atoms with Crippen molar-refractivity contribution >= 4 is 0 Å². The molecule has 2 fully saturated rings. The van der Waals surface area contributed by atoms with E-state index in [1.807, 2.05) is 6.07 Å².